The van der Waals surface area contributed by atoms with Gasteiger partial charge < -0.3 is 15.5 Å². The lowest BCUT2D eigenvalue weighted by Gasteiger charge is -2.21. The number of hydrogen-bond donors (Lipinski definition) is 1. The number of aryl methyl sites for hydroxylation is 2. The Kier molecular flexibility index (Phi) is 5.67. The van der Waals surface area contributed by atoms with Crippen molar-refractivity contribution in [1.29, 1.82) is 0 Å². The standard InChI is InChI=1S/C22H29N5O2/c1-2-27-20(11-19(24-27)21(23)28)22(29)26-14-17-12-25(13-18(17)15-26)10-6-9-16-7-4-3-5-8-16/h3-5,7-8,11,17-18H,2,6,9-10,12-15H2,1H3,(H2,23,28)/t17-,18?/m0/s1. The van der Waals surface area contributed by atoms with Crippen LogP contribution in [0, 0.1) is 11.8 Å². The summed E-state index contributed by atoms with van der Waals surface area (Å²) in [5.41, 5.74) is 7.33. The van der Waals surface area contributed by atoms with Crippen LogP contribution in [0.4, 0.5) is 0 Å². The first-order valence-electron chi connectivity index (χ1n) is 10.5. The van der Waals surface area contributed by atoms with Crippen LogP contribution >= 0.6 is 0 Å². The summed E-state index contributed by atoms with van der Waals surface area (Å²) in [5, 5.41) is 4.15. The predicted octanol–water partition coefficient (Wildman–Crippen LogP) is 1.64. The van der Waals surface area contributed by atoms with E-state index in [0.29, 0.717) is 24.1 Å². The molecule has 29 heavy (non-hydrogen) atoms. The van der Waals surface area contributed by atoms with Crippen molar-refractivity contribution in [3.63, 3.8) is 0 Å². The lowest BCUT2D eigenvalue weighted by atomic mass is 10.0. The highest BCUT2D eigenvalue weighted by atomic mass is 16.2. The van der Waals surface area contributed by atoms with Crippen LogP contribution in [0.15, 0.2) is 36.4 Å². The van der Waals surface area contributed by atoms with Crippen molar-refractivity contribution in [2.45, 2.75) is 26.3 Å². The number of likely N-dealkylation sites (tertiary alicyclic amines) is 2. The third-order valence-electron chi connectivity index (χ3n) is 6.18. The largest absolute Gasteiger partial charge is 0.364 e. The maximum absolute atomic E-state index is 13.0. The van der Waals surface area contributed by atoms with Crippen LogP contribution in [-0.2, 0) is 13.0 Å². The van der Waals surface area contributed by atoms with E-state index in [1.165, 1.54) is 11.6 Å². The Morgan fingerprint density at radius 2 is 1.79 bits per heavy atom. The van der Waals surface area contributed by atoms with Crippen molar-refractivity contribution >= 4 is 11.8 Å². The van der Waals surface area contributed by atoms with Crippen LogP contribution in [0.1, 0.15) is 39.9 Å². The molecule has 2 amide bonds. The second-order valence-electron chi connectivity index (χ2n) is 8.17. The van der Waals surface area contributed by atoms with E-state index < -0.39 is 5.91 Å². The zero-order chi connectivity index (χ0) is 20.4. The summed E-state index contributed by atoms with van der Waals surface area (Å²) in [4.78, 5) is 28.9. The van der Waals surface area contributed by atoms with Gasteiger partial charge in [-0.1, -0.05) is 30.3 Å². The molecule has 0 saturated carbocycles. The maximum atomic E-state index is 13.0. The molecular weight excluding hydrogens is 366 g/mol. The van der Waals surface area contributed by atoms with Crippen molar-refractivity contribution in [2.24, 2.45) is 17.6 Å². The van der Waals surface area contributed by atoms with Gasteiger partial charge in [-0.15, -0.1) is 0 Å². The van der Waals surface area contributed by atoms with Gasteiger partial charge in [-0.2, -0.15) is 5.10 Å². The van der Waals surface area contributed by atoms with Crippen LogP contribution in [0.5, 0.6) is 0 Å². The number of benzene rings is 1. The average Bonchev–Trinajstić information content (AvgIpc) is 3.41. The first-order valence-corrected chi connectivity index (χ1v) is 10.5. The molecular formula is C22H29N5O2. The molecule has 0 radical (unpaired) electrons. The summed E-state index contributed by atoms with van der Waals surface area (Å²) >= 11 is 0. The fraction of sp³-hybridized carbons (Fsp3) is 0.500. The zero-order valence-corrected chi connectivity index (χ0v) is 17.0. The van der Waals surface area contributed by atoms with Gasteiger partial charge in [0.05, 0.1) is 0 Å². The lowest BCUT2D eigenvalue weighted by Crippen LogP contribution is -2.34. The molecule has 7 nitrogen and oxygen atoms in total. The van der Waals surface area contributed by atoms with Crippen molar-refractivity contribution in [1.82, 2.24) is 19.6 Å². The molecule has 0 bridgehead atoms. The Balaban J connectivity index is 1.30. The molecule has 2 N–H and O–H groups in total. The monoisotopic (exact) mass is 395 g/mol. The molecule has 3 heterocycles. The molecule has 1 aromatic carbocycles. The average molecular weight is 396 g/mol. The molecule has 0 spiro atoms. The number of nitrogens with two attached hydrogens (primary N) is 1. The minimum absolute atomic E-state index is 0.0446. The van der Waals surface area contributed by atoms with Crippen molar-refractivity contribution < 1.29 is 9.59 Å². The summed E-state index contributed by atoms with van der Waals surface area (Å²) in [6.45, 7) is 7.22. The van der Waals surface area contributed by atoms with Crippen molar-refractivity contribution in [3.05, 3.63) is 53.3 Å². The second kappa shape index (κ2) is 8.37. The van der Waals surface area contributed by atoms with Crippen molar-refractivity contribution in [2.75, 3.05) is 32.7 Å². The third kappa shape index (κ3) is 4.19. The Hall–Kier alpha value is -2.67. The first kappa shape index (κ1) is 19.6. The van der Waals surface area contributed by atoms with Crippen LogP contribution in [0.2, 0.25) is 0 Å². The fourth-order valence-corrected chi connectivity index (χ4v) is 4.70. The SMILES string of the molecule is CCn1nc(C(N)=O)cc1C(=O)N1CC2CN(CCCc3ccccc3)C[C@H]2C1. The van der Waals surface area contributed by atoms with E-state index in [2.05, 4.69) is 40.3 Å². The quantitative estimate of drug-likeness (QED) is 0.772. The van der Waals surface area contributed by atoms with Gasteiger partial charge in [0.1, 0.15) is 5.69 Å². The van der Waals surface area contributed by atoms with Gasteiger partial charge in [-0.05, 0) is 43.7 Å². The van der Waals surface area contributed by atoms with Gasteiger partial charge >= 0.3 is 0 Å². The molecule has 7 heteroatoms. The minimum Gasteiger partial charge on any atom is -0.364 e. The number of amides is 2. The molecule has 2 aliphatic rings. The Morgan fingerprint density at radius 3 is 2.41 bits per heavy atom. The number of aromatic nitrogens is 2. The number of fused-ring (bicyclic) bond motifs is 1. The summed E-state index contributed by atoms with van der Waals surface area (Å²) in [7, 11) is 0. The number of carbonyl (C=O) groups excluding carboxylic acids is 2. The molecule has 2 aliphatic heterocycles. The first-order chi connectivity index (χ1) is 14.0. The number of nitrogens with zero attached hydrogens (tertiary/aromatic N) is 4. The lowest BCUT2D eigenvalue weighted by molar-refractivity contribution is 0.0761. The number of hydrogen-bond acceptors (Lipinski definition) is 4. The Bertz CT molecular complexity index is 865. The van der Waals surface area contributed by atoms with E-state index in [9.17, 15) is 9.59 Å². The molecule has 2 saturated heterocycles. The number of rotatable bonds is 7. The van der Waals surface area contributed by atoms with Gasteiger partial charge in [0, 0.05) is 38.8 Å². The molecule has 2 fully saturated rings. The molecule has 0 aliphatic carbocycles. The topological polar surface area (TPSA) is 84.5 Å². The molecule has 154 valence electrons. The van der Waals surface area contributed by atoms with Gasteiger partial charge in [0.2, 0.25) is 0 Å². The van der Waals surface area contributed by atoms with E-state index >= 15 is 0 Å². The summed E-state index contributed by atoms with van der Waals surface area (Å²) in [5.74, 6) is 0.418. The van der Waals surface area contributed by atoms with Crippen LogP contribution < -0.4 is 5.73 Å². The third-order valence-corrected chi connectivity index (χ3v) is 6.18. The number of carbonyl (C=O) groups is 2. The van der Waals surface area contributed by atoms with E-state index in [4.69, 9.17) is 5.73 Å². The normalized spacial score (nSPS) is 21.5. The van der Waals surface area contributed by atoms with E-state index in [0.717, 1.165) is 45.6 Å². The summed E-state index contributed by atoms with van der Waals surface area (Å²) in [6.07, 6.45) is 2.28. The highest BCUT2D eigenvalue weighted by Gasteiger charge is 2.42. The highest BCUT2D eigenvalue weighted by molar-refractivity contribution is 5.97. The van der Waals surface area contributed by atoms with E-state index in [-0.39, 0.29) is 11.6 Å². The predicted molar refractivity (Wildman–Crippen MR) is 111 cm³/mol. The highest BCUT2D eigenvalue weighted by Crippen LogP contribution is 2.32. The smallest absolute Gasteiger partial charge is 0.272 e. The summed E-state index contributed by atoms with van der Waals surface area (Å²) < 4.78 is 1.58. The van der Waals surface area contributed by atoms with Gasteiger partial charge in [0.15, 0.2) is 5.69 Å². The molecule has 2 atom stereocenters. The van der Waals surface area contributed by atoms with Crippen LogP contribution in [0.25, 0.3) is 0 Å². The Labute approximate surface area is 171 Å². The van der Waals surface area contributed by atoms with Gasteiger partial charge in [0.25, 0.3) is 11.8 Å². The Morgan fingerprint density at radius 1 is 1.10 bits per heavy atom. The van der Waals surface area contributed by atoms with E-state index in [1.807, 2.05) is 11.8 Å². The molecule has 1 unspecified atom stereocenters. The second-order valence-corrected chi connectivity index (χ2v) is 8.17. The molecule has 1 aromatic heterocycles. The molecule has 4 rings (SSSR count). The van der Waals surface area contributed by atoms with Crippen molar-refractivity contribution in [3.8, 4) is 0 Å². The number of primary amides is 1. The van der Waals surface area contributed by atoms with E-state index in [1.54, 1.807) is 4.68 Å². The minimum atomic E-state index is -0.601. The zero-order valence-electron chi connectivity index (χ0n) is 17.0. The van der Waals surface area contributed by atoms with Gasteiger partial charge in [-0.3, -0.25) is 14.3 Å². The van der Waals surface area contributed by atoms with Gasteiger partial charge in [-0.25, -0.2) is 0 Å². The van der Waals surface area contributed by atoms with Crippen LogP contribution in [0.3, 0.4) is 0 Å². The molecule has 2 aromatic rings. The maximum Gasteiger partial charge on any atom is 0.272 e. The summed E-state index contributed by atoms with van der Waals surface area (Å²) in [6, 6.07) is 12.1. The fourth-order valence-electron chi connectivity index (χ4n) is 4.70. The van der Waals surface area contributed by atoms with Crippen LogP contribution in [-0.4, -0.2) is 64.1 Å².